The van der Waals surface area contributed by atoms with Gasteiger partial charge in [0.15, 0.2) is 0 Å². The molecule has 3 unspecified atom stereocenters. The third kappa shape index (κ3) is 4.26. The van der Waals surface area contributed by atoms with E-state index in [0.29, 0.717) is 0 Å². The topological polar surface area (TPSA) is 15.3 Å². The third-order valence-electron chi connectivity index (χ3n) is 4.56. The molecule has 1 aliphatic heterocycles. The van der Waals surface area contributed by atoms with Gasteiger partial charge in [-0.15, -0.1) is 0 Å². The zero-order valence-corrected chi connectivity index (χ0v) is 11.9. The molecule has 0 aromatic heterocycles. The summed E-state index contributed by atoms with van der Waals surface area (Å²) in [5.41, 5.74) is 0. The average Bonchev–Trinajstić information content (AvgIpc) is 3.08. The molecular weight excluding hydrogens is 208 g/mol. The summed E-state index contributed by atoms with van der Waals surface area (Å²) >= 11 is 0. The third-order valence-corrected chi connectivity index (χ3v) is 4.56. The summed E-state index contributed by atoms with van der Waals surface area (Å²) in [4.78, 5) is 2.73. The Bertz CT molecular complexity index is 225. The van der Waals surface area contributed by atoms with Crippen LogP contribution in [0.3, 0.4) is 0 Å². The highest BCUT2D eigenvalue weighted by Crippen LogP contribution is 2.25. The van der Waals surface area contributed by atoms with Crippen LogP contribution in [0.4, 0.5) is 0 Å². The Balaban J connectivity index is 1.61. The lowest BCUT2D eigenvalue weighted by atomic mass is 9.91. The summed E-state index contributed by atoms with van der Waals surface area (Å²) in [7, 11) is 0. The van der Waals surface area contributed by atoms with Crippen molar-refractivity contribution >= 4 is 0 Å². The van der Waals surface area contributed by atoms with Crippen molar-refractivity contribution in [2.24, 2.45) is 5.92 Å². The molecule has 1 heterocycles. The molecule has 0 aromatic carbocycles. The van der Waals surface area contributed by atoms with Gasteiger partial charge in [-0.2, -0.15) is 0 Å². The number of nitrogens with zero attached hydrogens (tertiary/aromatic N) is 1. The molecule has 0 bridgehead atoms. The molecular formula is C15H30N2. The Morgan fingerprint density at radius 1 is 1.24 bits per heavy atom. The van der Waals surface area contributed by atoms with E-state index in [1.165, 1.54) is 51.6 Å². The van der Waals surface area contributed by atoms with Crippen molar-refractivity contribution in [3.8, 4) is 0 Å². The molecule has 2 heteroatoms. The molecule has 2 nitrogen and oxygen atoms in total. The van der Waals surface area contributed by atoms with Crippen LogP contribution in [0.2, 0.25) is 0 Å². The van der Waals surface area contributed by atoms with Gasteiger partial charge < -0.3 is 5.32 Å². The highest BCUT2D eigenvalue weighted by Gasteiger charge is 2.26. The number of nitrogens with one attached hydrogen (secondary N) is 1. The van der Waals surface area contributed by atoms with E-state index in [1.807, 2.05) is 0 Å². The SMILES string of the molecule is CC1CCN(C(C)CCCNC2CC2)C(C)C1. The predicted octanol–water partition coefficient (Wildman–Crippen LogP) is 3.03. The van der Waals surface area contributed by atoms with E-state index in [-0.39, 0.29) is 0 Å². The minimum absolute atomic E-state index is 0.776. The van der Waals surface area contributed by atoms with Gasteiger partial charge in [0.05, 0.1) is 0 Å². The highest BCUT2D eigenvalue weighted by atomic mass is 15.2. The van der Waals surface area contributed by atoms with Gasteiger partial charge in [0.1, 0.15) is 0 Å². The van der Waals surface area contributed by atoms with Crippen LogP contribution >= 0.6 is 0 Å². The second-order valence-electron chi connectivity index (χ2n) is 6.44. The second kappa shape index (κ2) is 6.19. The van der Waals surface area contributed by atoms with Gasteiger partial charge in [-0.25, -0.2) is 0 Å². The van der Waals surface area contributed by atoms with Crippen LogP contribution in [-0.4, -0.2) is 36.1 Å². The molecule has 17 heavy (non-hydrogen) atoms. The monoisotopic (exact) mass is 238 g/mol. The lowest BCUT2D eigenvalue weighted by Gasteiger charge is -2.40. The van der Waals surface area contributed by atoms with E-state index < -0.39 is 0 Å². The van der Waals surface area contributed by atoms with Crippen molar-refractivity contribution < 1.29 is 0 Å². The van der Waals surface area contributed by atoms with E-state index in [2.05, 4.69) is 31.0 Å². The van der Waals surface area contributed by atoms with Gasteiger partial charge in [0.2, 0.25) is 0 Å². The van der Waals surface area contributed by atoms with E-state index >= 15 is 0 Å². The minimum Gasteiger partial charge on any atom is -0.314 e. The van der Waals surface area contributed by atoms with Gasteiger partial charge in [-0.3, -0.25) is 4.90 Å². The standard InChI is InChI=1S/C15H30N2/c1-12-8-10-17(14(3)11-12)13(2)5-4-9-16-15-6-7-15/h12-16H,4-11H2,1-3H3. The summed E-state index contributed by atoms with van der Waals surface area (Å²) in [6.07, 6.45) is 8.32. The van der Waals surface area contributed by atoms with Crippen molar-refractivity contribution in [2.45, 2.75) is 77.4 Å². The zero-order valence-electron chi connectivity index (χ0n) is 11.9. The number of hydrogen-bond acceptors (Lipinski definition) is 2. The quantitative estimate of drug-likeness (QED) is 0.716. The zero-order chi connectivity index (χ0) is 12.3. The van der Waals surface area contributed by atoms with Crippen LogP contribution in [0.1, 0.15) is 59.3 Å². The molecule has 0 amide bonds. The fourth-order valence-corrected chi connectivity index (χ4v) is 3.24. The Kier molecular flexibility index (Phi) is 4.87. The van der Waals surface area contributed by atoms with E-state index in [9.17, 15) is 0 Å². The Hall–Kier alpha value is -0.0800. The predicted molar refractivity (Wildman–Crippen MR) is 74.3 cm³/mol. The Morgan fingerprint density at radius 2 is 2.00 bits per heavy atom. The van der Waals surface area contributed by atoms with Crippen molar-refractivity contribution in [2.75, 3.05) is 13.1 Å². The summed E-state index contributed by atoms with van der Waals surface area (Å²) in [5, 5.41) is 3.61. The van der Waals surface area contributed by atoms with Crippen molar-refractivity contribution in [1.29, 1.82) is 0 Å². The second-order valence-corrected chi connectivity index (χ2v) is 6.44. The Labute approximate surface area is 107 Å². The van der Waals surface area contributed by atoms with Crippen molar-refractivity contribution in [3.05, 3.63) is 0 Å². The number of piperidine rings is 1. The molecule has 1 N–H and O–H groups in total. The molecule has 0 aromatic rings. The molecule has 0 spiro atoms. The van der Waals surface area contributed by atoms with Gasteiger partial charge in [-0.1, -0.05) is 6.92 Å². The van der Waals surface area contributed by atoms with Crippen molar-refractivity contribution in [3.63, 3.8) is 0 Å². The molecule has 2 rings (SSSR count). The molecule has 1 aliphatic carbocycles. The maximum atomic E-state index is 3.61. The average molecular weight is 238 g/mol. The number of rotatable bonds is 6. The molecule has 1 saturated carbocycles. The summed E-state index contributed by atoms with van der Waals surface area (Å²) in [6, 6.07) is 2.45. The van der Waals surface area contributed by atoms with Crippen molar-refractivity contribution in [1.82, 2.24) is 10.2 Å². The van der Waals surface area contributed by atoms with Crippen LogP contribution in [-0.2, 0) is 0 Å². The van der Waals surface area contributed by atoms with Gasteiger partial charge in [0, 0.05) is 18.1 Å². The molecule has 3 atom stereocenters. The minimum atomic E-state index is 0.776. The highest BCUT2D eigenvalue weighted by molar-refractivity contribution is 4.82. The van der Waals surface area contributed by atoms with E-state index in [1.54, 1.807) is 0 Å². The van der Waals surface area contributed by atoms with Crippen LogP contribution in [0, 0.1) is 5.92 Å². The fraction of sp³-hybridized carbons (Fsp3) is 1.00. The number of likely N-dealkylation sites (tertiary alicyclic amines) is 1. The molecule has 100 valence electrons. The maximum Gasteiger partial charge on any atom is 0.00722 e. The fourth-order valence-electron chi connectivity index (χ4n) is 3.24. The first kappa shape index (κ1) is 13.4. The first-order valence-electron chi connectivity index (χ1n) is 7.66. The van der Waals surface area contributed by atoms with Crippen LogP contribution in [0.15, 0.2) is 0 Å². The normalized spacial score (nSPS) is 32.6. The molecule has 2 aliphatic rings. The van der Waals surface area contributed by atoms with Crippen LogP contribution in [0.5, 0.6) is 0 Å². The van der Waals surface area contributed by atoms with Gasteiger partial charge in [0.25, 0.3) is 0 Å². The van der Waals surface area contributed by atoms with E-state index in [4.69, 9.17) is 0 Å². The first-order chi connectivity index (χ1) is 8.16. The van der Waals surface area contributed by atoms with Crippen LogP contribution in [0.25, 0.3) is 0 Å². The number of hydrogen-bond donors (Lipinski definition) is 1. The lowest BCUT2D eigenvalue weighted by Crippen LogP contribution is -2.45. The van der Waals surface area contributed by atoms with Gasteiger partial charge >= 0.3 is 0 Å². The smallest absolute Gasteiger partial charge is 0.00722 e. The summed E-state index contributed by atoms with van der Waals surface area (Å²) < 4.78 is 0. The molecule has 0 radical (unpaired) electrons. The summed E-state index contributed by atoms with van der Waals surface area (Å²) in [6.45, 7) is 9.78. The maximum absolute atomic E-state index is 3.61. The summed E-state index contributed by atoms with van der Waals surface area (Å²) in [5.74, 6) is 0.935. The molecule has 1 saturated heterocycles. The first-order valence-corrected chi connectivity index (χ1v) is 7.66. The van der Waals surface area contributed by atoms with E-state index in [0.717, 1.165) is 24.0 Å². The lowest BCUT2D eigenvalue weighted by molar-refractivity contribution is 0.0844. The largest absolute Gasteiger partial charge is 0.314 e. The van der Waals surface area contributed by atoms with Crippen LogP contribution < -0.4 is 5.32 Å². The van der Waals surface area contributed by atoms with Gasteiger partial charge in [-0.05, 0) is 71.4 Å². The Morgan fingerprint density at radius 3 is 2.65 bits per heavy atom. The molecule has 2 fully saturated rings.